The highest BCUT2D eigenvalue weighted by atomic mass is 16.3. The third kappa shape index (κ3) is 4.88. The normalized spacial score (nSPS) is 11.5. The Hall–Kier alpha value is -6.91. The molecule has 0 aliphatic rings. The first-order valence-corrected chi connectivity index (χ1v) is 17.2. The van der Waals surface area contributed by atoms with Crippen LogP contribution in [-0.4, -0.2) is 9.55 Å². The first kappa shape index (κ1) is 29.0. The van der Waals surface area contributed by atoms with Gasteiger partial charge >= 0.3 is 0 Å². The average Bonchev–Trinajstić information content (AvgIpc) is 3.79. The van der Waals surface area contributed by atoms with Crippen molar-refractivity contribution >= 4 is 60.7 Å². The fourth-order valence-electron chi connectivity index (χ4n) is 7.46. The molecule has 0 aliphatic carbocycles. The molecule has 2 aromatic heterocycles. The molecule has 8 aromatic carbocycles. The van der Waals surface area contributed by atoms with Crippen LogP contribution in [0.2, 0.25) is 0 Å². The summed E-state index contributed by atoms with van der Waals surface area (Å²) in [6, 6.07) is 66.3. The summed E-state index contributed by atoms with van der Waals surface area (Å²) in [6.07, 6.45) is 0. The summed E-state index contributed by atoms with van der Waals surface area (Å²) in [4.78, 5) is 7.40. The number of rotatable bonds is 6. The quantitative estimate of drug-likeness (QED) is 0.179. The number of hydrogen-bond donors (Lipinski definition) is 0. The molecule has 0 radical (unpaired) electrons. The maximum Gasteiger partial charge on any atom is 0.227 e. The van der Waals surface area contributed by atoms with Crippen molar-refractivity contribution in [2.45, 2.75) is 0 Å². The van der Waals surface area contributed by atoms with Gasteiger partial charge in [-0.3, -0.25) is 0 Å². The van der Waals surface area contributed by atoms with E-state index in [1.807, 2.05) is 30.3 Å². The summed E-state index contributed by atoms with van der Waals surface area (Å²) >= 11 is 0. The number of benzene rings is 8. The zero-order valence-corrected chi connectivity index (χ0v) is 27.6. The molecule has 0 saturated carbocycles. The highest BCUT2D eigenvalue weighted by Crippen LogP contribution is 2.45. The maximum absolute atomic E-state index is 6.56. The molecule has 0 amide bonds. The topological polar surface area (TPSA) is 34.2 Å². The molecule has 10 aromatic rings. The van der Waals surface area contributed by atoms with E-state index < -0.39 is 0 Å². The Balaban J connectivity index is 1.27. The lowest BCUT2D eigenvalue weighted by molar-refractivity contribution is 0.620. The zero-order chi connectivity index (χ0) is 33.7. The fourth-order valence-corrected chi connectivity index (χ4v) is 7.46. The molecule has 4 nitrogen and oxygen atoms in total. The monoisotopic (exact) mass is 653 g/mol. The van der Waals surface area contributed by atoms with Crippen molar-refractivity contribution in [3.8, 4) is 28.3 Å². The Morgan fingerprint density at radius 2 is 1.04 bits per heavy atom. The first-order chi connectivity index (χ1) is 25.3. The van der Waals surface area contributed by atoms with E-state index in [1.165, 1.54) is 21.9 Å². The first-order valence-electron chi connectivity index (χ1n) is 17.2. The van der Waals surface area contributed by atoms with E-state index in [0.29, 0.717) is 5.89 Å². The summed E-state index contributed by atoms with van der Waals surface area (Å²) in [7, 11) is 0. The van der Waals surface area contributed by atoms with Crippen LogP contribution in [0, 0.1) is 0 Å². The number of aromatic nitrogens is 2. The second-order valence-corrected chi connectivity index (χ2v) is 12.8. The number of para-hydroxylation sites is 2. The Morgan fingerprint density at radius 3 is 1.82 bits per heavy atom. The second kappa shape index (κ2) is 11.9. The highest BCUT2D eigenvalue weighted by molar-refractivity contribution is 6.14. The highest BCUT2D eigenvalue weighted by Gasteiger charge is 2.22. The van der Waals surface area contributed by atoms with E-state index in [0.717, 1.165) is 61.3 Å². The summed E-state index contributed by atoms with van der Waals surface area (Å²) in [5, 5.41) is 4.56. The predicted molar refractivity (Wildman–Crippen MR) is 211 cm³/mol. The molecule has 10 rings (SSSR count). The van der Waals surface area contributed by atoms with E-state index in [1.54, 1.807) is 0 Å². The van der Waals surface area contributed by atoms with Crippen molar-refractivity contribution in [3.63, 3.8) is 0 Å². The number of hydrogen-bond acceptors (Lipinski definition) is 3. The molecule has 2 heterocycles. The van der Waals surface area contributed by atoms with Crippen LogP contribution >= 0.6 is 0 Å². The molecule has 0 saturated heterocycles. The molecule has 51 heavy (non-hydrogen) atoms. The van der Waals surface area contributed by atoms with Crippen LogP contribution in [0.1, 0.15) is 0 Å². The number of anilines is 3. The van der Waals surface area contributed by atoms with Crippen LogP contribution in [0.3, 0.4) is 0 Å². The third-order valence-electron chi connectivity index (χ3n) is 9.78. The molecule has 0 bridgehead atoms. The number of fused-ring (bicyclic) bond motifs is 6. The van der Waals surface area contributed by atoms with E-state index in [-0.39, 0.29) is 0 Å². The van der Waals surface area contributed by atoms with Gasteiger partial charge in [-0.1, -0.05) is 127 Å². The van der Waals surface area contributed by atoms with Gasteiger partial charge in [0.15, 0.2) is 5.58 Å². The fraction of sp³-hybridized carbons (Fsp3) is 0. The lowest BCUT2D eigenvalue weighted by atomic mass is 10.0. The molecule has 240 valence electrons. The minimum atomic E-state index is 0.610. The predicted octanol–water partition coefficient (Wildman–Crippen LogP) is 12.9. The second-order valence-electron chi connectivity index (χ2n) is 12.8. The molecule has 0 unspecified atom stereocenters. The van der Waals surface area contributed by atoms with Crippen LogP contribution < -0.4 is 4.90 Å². The van der Waals surface area contributed by atoms with Crippen molar-refractivity contribution in [3.05, 3.63) is 188 Å². The Morgan fingerprint density at radius 1 is 0.431 bits per heavy atom. The molecule has 4 heteroatoms. The number of nitrogens with zero attached hydrogens (tertiary/aromatic N) is 3. The van der Waals surface area contributed by atoms with Gasteiger partial charge < -0.3 is 13.9 Å². The van der Waals surface area contributed by atoms with E-state index in [2.05, 4.69) is 167 Å². The van der Waals surface area contributed by atoms with Gasteiger partial charge in [-0.15, -0.1) is 0 Å². The van der Waals surface area contributed by atoms with Crippen molar-refractivity contribution in [2.75, 3.05) is 4.90 Å². The SMILES string of the molecule is c1ccc(-c2cccc(N(c3ccc4c5ccccc5n(-c5ccccc5)c4c3)c3cc4oc(-c5ccccc5)nc4c4ccccc34)c2)cc1. The molecule has 0 aliphatic heterocycles. The molecule has 0 N–H and O–H groups in total. The summed E-state index contributed by atoms with van der Waals surface area (Å²) in [5.74, 6) is 0.610. The summed E-state index contributed by atoms with van der Waals surface area (Å²) in [6.45, 7) is 0. The Kier molecular flexibility index (Phi) is 6.78. The molecule has 0 atom stereocenters. The van der Waals surface area contributed by atoms with Gasteiger partial charge in [0.25, 0.3) is 0 Å². The lowest BCUT2D eigenvalue weighted by Crippen LogP contribution is -2.11. The maximum atomic E-state index is 6.56. The standard InChI is InChI=1S/C47H31N3O/c1-4-15-32(16-5-1)34-19-14-22-36(29-34)49(37-27-28-40-38-23-12-13-26-42(38)50(43(40)30-37)35-20-8-3-9-21-35)44-31-45-46(41-25-11-10-24-39(41)44)48-47(51-45)33-17-6-2-7-18-33/h1-31H. The molecular formula is C47H31N3O. The average molecular weight is 654 g/mol. The minimum absolute atomic E-state index is 0.610. The van der Waals surface area contributed by atoms with Crippen LogP contribution in [0.25, 0.3) is 71.9 Å². The van der Waals surface area contributed by atoms with Crippen LogP contribution in [0.15, 0.2) is 192 Å². The number of oxazole rings is 1. The van der Waals surface area contributed by atoms with Gasteiger partial charge in [-0.25, -0.2) is 4.98 Å². The van der Waals surface area contributed by atoms with Crippen LogP contribution in [0.5, 0.6) is 0 Å². The Labute approximate surface area is 295 Å². The Bertz CT molecular complexity index is 2850. The lowest BCUT2D eigenvalue weighted by Gasteiger charge is -2.27. The third-order valence-corrected chi connectivity index (χ3v) is 9.78. The summed E-state index contributed by atoms with van der Waals surface area (Å²) < 4.78 is 8.93. The smallest absolute Gasteiger partial charge is 0.227 e. The molecule has 0 fully saturated rings. The summed E-state index contributed by atoms with van der Waals surface area (Å²) in [5.41, 5.74) is 11.4. The van der Waals surface area contributed by atoms with Gasteiger partial charge in [0.2, 0.25) is 5.89 Å². The van der Waals surface area contributed by atoms with Crippen LogP contribution in [0.4, 0.5) is 17.1 Å². The van der Waals surface area contributed by atoms with Gasteiger partial charge in [-0.2, -0.15) is 0 Å². The van der Waals surface area contributed by atoms with Crippen molar-refractivity contribution < 1.29 is 4.42 Å². The van der Waals surface area contributed by atoms with Crippen molar-refractivity contribution in [1.29, 1.82) is 0 Å². The van der Waals surface area contributed by atoms with Gasteiger partial charge in [0, 0.05) is 50.2 Å². The largest absolute Gasteiger partial charge is 0.436 e. The minimum Gasteiger partial charge on any atom is -0.436 e. The molecular weight excluding hydrogens is 623 g/mol. The van der Waals surface area contributed by atoms with Crippen LogP contribution in [-0.2, 0) is 0 Å². The van der Waals surface area contributed by atoms with E-state index in [4.69, 9.17) is 9.40 Å². The van der Waals surface area contributed by atoms with E-state index in [9.17, 15) is 0 Å². The van der Waals surface area contributed by atoms with Gasteiger partial charge in [-0.05, 0) is 65.7 Å². The van der Waals surface area contributed by atoms with Gasteiger partial charge in [0.05, 0.1) is 16.7 Å². The van der Waals surface area contributed by atoms with Crippen molar-refractivity contribution in [1.82, 2.24) is 9.55 Å². The molecule has 0 spiro atoms. The zero-order valence-electron chi connectivity index (χ0n) is 27.6. The van der Waals surface area contributed by atoms with Crippen molar-refractivity contribution in [2.24, 2.45) is 0 Å². The van der Waals surface area contributed by atoms with Gasteiger partial charge in [0.1, 0.15) is 5.52 Å². The van der Waals surface area contributed by atoms with E-state index >= 15 is 0 Å².